The Kier molecular flexibility index (Phi) is 4.52. The van der Waals surface area contributed by atoms with E-state index in [0.717, 1.165) is 27.9 Å². The maximum atomic E-state index is 13.1. The van der Waals surface area contributed by atoms with Crippen molar-refractivity contribution in [2.24, 2.45) is 0 Å². The highest BCUT2D eigenvalue weighted by Crippen LogP contribution is 2.24. The molecule has 0 aliphatic rings. The molecule has 0 amide bonds. The first kappa shape index (κ1) is 18.5. The van der Waals surface area contributed by atoms with E-state index in [4.69, 9.17) is 21.3 Å². The third kappa shape index (κ3) is 3.13. The number of hydrogen-bond donors (Lipinski definition) is 0. The van der Waals surface area contributed by atoms with Crippen LogP contribution in [0.25, 0.3) is 28.1 Å². The van der Waals surface area contributed by atoms with Gasteiger partial charge in [-0.15, -0.1) is 0 Å². The molecule has 0 atom stereocenters. The molecule has 0 radical (unpaired) electrons. The molecular weight excluding hydrogens is 398 g/mol. The van der Waals surface area contributed by atoms with Gasteiger partial charge in [0.1, 0.15) is 5.75 Å². The van der Waals surface area contributed by atoms with E-state index in [1.807, 2.05) is 72.8 Å². The summed E-state index contributed by atoms with van der Waals surface area (Å²) in [6, 6.07) is 24.7. The number of rotatable bonds is 4. The van der Waals surface area contributed by atoms with Crippen LogP contribution in [0.1, 0.15) is 5.56 Å². The van der Waals surface area contributed by atoms with Crippen LogP contribution < -0.4 is 10.3 Å². The molecule has 0 aliphatic carbocycles. The number of aromatic nitrogens is 3. The first-order valence-corrected chi connectivity index (χ1v) is 9.92. The maximum Gasteiger partial charge on any atom is 0.260 e. The zero-order chi connectivity index (χ0) is 20.7. The van der Waals surface area contributed by atoms with Gasteiger partial charge in [0, 0.05) is 16.7 Å². The number of hydrogen-bond acceptors (Lipinski definition) is 3. The van der Waals surface area contributed by atoms with Gasteiger partial charge in [-0.3, -0.25) is 4.79 Å². The minimum absolute atomic E-state index is 0.119. The van der Waals surface area contributed by atoms with Gasteiger partial charge in [0.2, 0.25) is 5.78 Å². The lowest BCUT2D eigenvalue weighted by molar-refractivity contribution is 0.415. The Bertz CT molecular complexity index is 1440. The van der Waals surface area contributed by atoms with Crippen molar-refractivity contribution in [3.63, 3.8) is 0 Å². The summed E-state index contributed by atoms with van der Waals surface area (Å²) in [4.78, 5) is 18.0. The molecule has 6 heteroatoms. The summed E-state index contributed by atoms with van der Waals surface area (Å²) in [5.74, 6) is 1.35. The molecule has 0 bridgehead atoms. The highest BCUT2D eigenvalue weighted by Gasteiger charge is 2.15. The van der Waals surface area contributed by atoms with Crippen LogP contribution in [-0.2, 0) is 6.54 Å². The normalized spacial score (nSPS) is 11.3. The van der Waals surface area contributed by atoms with Crippen molar-refractivity contribution >= 4 is 28.4 Å². The Morgan fingerprint density at radius 1 is 0.933 bits per heavy atom. The van der Waals surface area contributed by atoms with Gasteiger partial charge < -0.3 is 9.30 Å². The molecule has 0 unspecified atom stereocenters. The first-order chi connectivity index (χ1) is 14.6. The van der Waals surface area contributed by atoms with Gasteiger partial charge >= 0.3 is 0 Å². The quantitative estimate of drug-likeness (QED) is 0.414. The maximum absolute atomic E-state index is 13.1. The molecule has 148 valence electrons. The van der Waals surface area contributed by atoms with Crippen molar-refractivity contribution in [3.05, 3.63) is 99.8 Å². The Morgan fingerprint density at radius 2 is 1.70 bits per heavy atom. The number of benzene rings is 3. The predicted molar refractivity (Wildman–Crippen MR) is 120 cm³/mol. The van der Waals surface area contributed by atoms with Gasteiger partial charge in [-0.1, -0.05) is 35.9 Å². The van der Waals surface area contributed by atoms with Gasteiger partial charge in [0.25, 0.3) is 5.56 Å². The van der Waals surface area contributed by atoms with Gasteiger partial charge in [-0.25, -0.2) is 9.38 Å². The molecular formula is C24H18ClN3O2. The lowest BCUT2D eigenvalue weighted by Crippen LogP contribution is -2.14. The van der Waals surface area contributed by atoms with Crippen LogP contribution in [0, 0.1) is 0 Å². The van der Waals surface area contributed by atoms with Gasteiger partial charge in [-0.05, 0) is 54.1 Å². The molecule has 5 rings (SSSR count). The van der Waals surface area contributed by atoms with Gasteiger partial charge in [0.15, 0.2) is 0 Å². The number of methoxy groups -OCH3 is 1. The van der Waals surface area contributed by atoms with Gasteiger partial charge in [0.05, 0.1) is 30.4 Å². The average Bonchev–Trinajstić information content (AvgIpc) is 3.08. The topological polar surface area (TPSA) is 48.5 Å². The molecule has 5 aromatic rings. The summed E-state index contributed by atoms with van der Waals surface area (Å²) >= 11 is 6.19. The monoisotopic (exact) mass is 415 g/mol. The zero-order valence-electron chi connectivity index (χ0n) is 16.2. The summed E-state index contributed by atoms with van der Waals surface area (Å²) < 4.78 is 8.94. The van der Waals surface area contributed by atoms with E-state index in [1.54, 1.807) is 17.6 Å². The van der Waals surface area contributed by atoms with E-state index in [-0.39, 0.29) is 5.56 Å². The second kappa shape index (κ2) is 7.35. The molecule has 30 heavy (non-hydrogen) atoms. The van der Waals surface area contributed by atoms with Crippen molar-refractivity contribution < 1.29 is 4.74 Å². The summed E-state index contributed by atoms with van der Waals surface area (Å²) in [6.45, 7) is 0.552. The molecule has 0 aliphatic heterocycles. The highest BCUT2D eigenvalue weighted by atomic mass is 35.5. The number of para-hydroxylation sites is 2. The SMILES string of the molecule is COc1ccc(-c2cc(=O)n3c4ccccc4n(Cc4cccc(Cl)c4)c3n2)cc1. The smallest absolute Gasteiger partial charge is 0.260 e. The highest BCUT2D eigenvalue weighted by molar-refractivity contribution is 6.30. The molecule has 2 heterocycles. The first-order valence-electron chi connectivity index (χ1n) is 9.54. The number of fused-ring (bicyclic) bond motifs is 3. The molecule has 5 nitrogen and oxygen atoms in total. The molecule has 0 fully saturated rings. The Hall–Kier alpha value is -3.57. The second-order valence-electron chi connectivity index (χ2n) is 7.05. The summed E-state index contributed by atoms with van der Waals surface area (Å²) in [7, 11) is 1.62. The summed E-state index contributed by atoms with van der Waals surface area (Å²) in [6.07, 6.45) is 0. The predicted octanol–water partition coefficient (Wildman–Crippen LogP) is 5.03. The van der Waals surface area contributed by atoms with E-state index >= 15 is 0 Å². The van der Waals surface area contributed by atoms with Crippen LogP contribution in [0.5, 0.6) is 5.75 Å². The fourth-order valence-corrected chi connectivity index (χ4v) is 3.96. The van der Waals surface area contributed by atoms with E-state index in [2.05, 4.69) is 4.57 Å². The summed E-state index contributed by atoms with van der Waals surface area (Å²) in [5.41, 5.74) is 4.16. The van der Waals surface area contributed by atoms with E-state index < -0.39 is 0 Å². The van der Waals surface area contributed by atoms with Gasteiger partial charge in [-0.2, -0.15) is 0 Å². The van der Waals surface area contributed by atoms with Crippen molar-refractivity contribution in [1.82, 2.24) is 14.0 Å². The van der Waals surface area contributed by atoms with Crippen LogP contribution in [0.15, 0.2) is 83.7 Å². The molecule has 3 aromatic carbocycles. The fourth-order valence-electron chi connectivity index (χ4n) is 3.75. The lowest BCUT2D eigenvalue weighted by Gasteiger charge is -2.08. The van der Waals surface area contributed by atoms with E-state index in [1.165, 1.54) is 0 Å². The molecule has 0 spiro atoms. The third-order valence-electron chi connectivity index (χ3n) is 5.17. The minimum Gasteiger partial charge on any atom is -0.497 e. The van der Waals surface area contributed by atoms with Crippen molar-refractivity contribution in [3.8, 4) is 17.0 Å². The standard InChI is InChI=1S/C24H18ClN3O2/c1-30-19-11-9-17(10-12-19)20-14-23(29)28-22-8-3-2-7-21(22)27(24(28)26-20)15-16-5-4-6-18(25)13-16/h2-14H,15H2,1H3. The molecule has 0 saturated heterocycles. The average molecular weight is 416 g/mol. The molecule has 2 aromatic heterocycles. The minimum atomic E-state index is -0.119. The van der Waals surface area contributed by atoms with Crippen LogP contribution in [0.3, 0.4) is 0 Å². The van der Waals surface area contributed by atoms with Crippen molar-refractivity contribution in [1.29, 1.82) is 0 Å². The lowest BCUT2D eigenvalue weighted by atomic mass is 10.1. The molecule has 0 saturated carbocycles. The Balaban J connectivity index is 1.75. The molecule has 0 N–H and O–H groups in total. The van der Waals surface area contributed by atoms with Crippen LogP contribution in [-0.4, -0.2) is 21.1 Å². The largest absolute Gasteiger partial charge is 0.497 e. The second-order valence-corrected chi connectivity index (χ2v) is 7.48. The Labute approximate surface area is 177 Å². The number of imidazole rings is 1. The zero-order valence-corrected chi connectivity index (χ0v) is 17.0. The third-order valence-corrected chi connectivity index (χ3v) is 5.41. The number of nitrogens with zero attached hydrogens (tertiary/aromatic N) is 3. The van der Waals surface area contributed by atoms with E-state index in [9.17, 15) is 4.79 Å². The Morgan fingerprint density at radius 3 is 2.43 bits per heavy atom. The summed E-state index contributed by atoms with van der Waals surface area (Å²) in [5, 5.41) is 0.678. The van der Waals surface area contributed by atoms with Crippen LogP contribution >= 0.6 is 11.6 Å². The van der Waals surface area contributed by atoms with E-state index in [0.29, 0.717) is 23.0 Å². The number of ether oxygens (including phenoxy) is 1. The van der Waals surface area contributed by atoms with Crippen molar-refractivity contribution in [2.45, 2.75) is 6.54 Å². The van der Waals surface area contributed by atoms with Crippen molar-refractivity contribution in [2.75, 3.05) is 7.11 Å². The number of halogens is 1. The van der Waals surface area contributed by atoms with Crippen LogP contribution in [0.2, 0.25) is 5.02 Å². The fraction of sp³-hybridized carbons (Fsp3) is 0.0833. The van der Waals surface area contributed by atoms with Crippen LogP contribution in [0.4, 0.5) is 0 Å².